The maximum Gasteiger partial charge on any atom is 0.302 e. The lowest BCUT2D eigenvalue weighted by Gasteiger charge is -2.53. The summed E-state index contributed by atoms with van der Waals surface area (Å²) in [6.07, 6.45) is 11.1. The molecule has 5 rings (SSSR count). The molecule has 0 aromatic heterocycles. The molecule has 0 bridgehead atoms. The van der Waals surface area contributed by atoms with Crippen molar-refractivity contribution in [3.8, 4) is 0 Å². The van der Waals surface area contributed by atoms with E-state index in [1.54, 1.807) is 0 Å². The number of ether oxygens (including phenoxy) is 1. The molecule has 136 valence electrons. The van der Waals surface area contributed by atoms with Gasteiger partial charge in [0.05, 0.1) is 0 Å². The molecule has 3 heteroatoms. The van der Waals surface area contributed by atoms with E-state index in [0.717, 1.165) is 19.3 Å². The summed E-state index contributed by atoms with van der Waals surface area (Å²) >= 11 is 0. The van der Waals surface area contributed by atoms with E-state index in [1.165, 1.54) is 26.2 Å². The first kappa shape index (κ1) is 16.1. The number of hydrogen-bond acceptors (Lipinski definition) is 3. The number of carbonyl (C=O) groups excluding carboxylic acids is 2. The van der Waals surface area contributed by atoms with Crippen molar-refractivity contribution in [3.63, 3.8) is 0 Å². The van der Waals surface area contributed by atoms with E-state index in [4.69, 9.17) is 4.74 Å². The van der Waals surface area contributed by atoms with Crippen molar-refractivity contribution in [2.24, 2.45) is 39.4 Å². The van der Waals surface area contributed by atoms with Gasteiger partial charge in [-0.3, -0.25) is 9.59 Å². The molecule has 0 amide bonds. The van der Waals surface area contributed by atoms with Crippen LogP contribution in [0.3, 0.4) is 0 Å². The second-order valence-corrected chi connectivity index (χ2v) is 10.1. The van der Waals surface area contributed by atoms with E-state index in [9.17, 15) is 9.59 Å². The molecule has 3 nitrogen and oxygen atoms in total. The molecule has 0 aromatic carbocycles. The lowest BCUT2D eigenvalue weighted by atomic mass is 9.52. The summed E-state index contributed by atoms with van der Waals surface area (Å²) in [5, 5.41) is 0. The maximum atomic E-state index is 12.7. The van der Waals surface area contributed by atoms with Gasteiger partial charge < -0.3 is 4.74 Å². The molecule has 5 aliphatic carbocycles. The Balaban J connectivity index is 1.48. The van der Waals surface area contributed by atoms with Crippen LogP contribution in [0, 0.1) is 39.4 Å². The van der Waals surface area contributed by atoms with Crippen LogP contribution < -0.4 is 0 Å². The molecule has 0 heterocycles. The van der Waals surface area contributed by atoms with Gasteiger partial charge in [0.25, 0.3) is 0 Å². The minimum absolute atomic E-state index is 0.0930. The fraction of sp³-hybridized carbons (Fsp3) is 0.818. The van der Waals surface area contributed by atoms with E-state index in [0.29, 0.717) is 23.5 Å². The lowest BCUT2D eigenvalue weighted by Crippen LogP contribution is -2.49. The third kappa shape index (κ3) is 1.45. The number of fused-ring (bicyclic) bond motifs is 5. The number of esters is 1. The largest absolute Gasteiger partial charge is 0.462 e. The van der Waals surface area contributed by atoms with Crippen LogP contribution in [0.1, 0.15) is 66.2 Å². The Hall–Kier alpha value is -1.12. The van der Waals surface area contributed by atoms with Gasteiger partial charge >= 0.3 is 5.97 Å². The van der Waals surface area contributed by atoms with Crippen molar-refractivity contribution < 1.29 is 14.3 Å². The molecule has 8 atom stereocenters. The van der Waals surface area contributed by atoms with Crippen molar-refractivity contribution in [2.75, 3.05) is 0 Å². The Morgan fingerprint density at radius 2 is 1.84 bits per heavy atom. The van der Waals surface area contributed by atoms with E-state index < -0.39 is 0 Å². The number of allylic oxidation sites excluding steroid dienone is 2. The van der Waals surface area contributed by atoms with Crippen LogP contribution >= 0.6 is 0 Å². The van der Waals surface area contributed by atoms with Crippen molar-refractivity contribution in [3.05, 3.63) is 12.2 Å². The van der Waals surface area contributed by atoms with Crippen molar-refractivity contribution >= 4 is 11.8 Å². The molecule has 0 radical (unpaired) electrons. The Morgan fingerprint density at radius 1 is 1.08 bits per heavy atom. The van der Waals surface area contributed by atoms with Gasteiger partial charge in [-0.25, -0.2) is 0 Å². The van der Waals surface area contributed by atoms with Crippen LogP contribution in [0.2, 0.25) is 0 Å². The molecular formula is C22H30O3. The minimum Gasteiger partial charge on any atom is -0.462 e. The number of ketones is 1. The molecule has 0 unspecified atom stereocenters. The van der Waals surface area contributed by atoms with Gasteiger partial charge in [-0.2, -0.15) is 0 Å². The topological polar surface area (TPSA) is 43.4 Å². The summed E-state index contributed by atoms with van der Waals surface area (Å²) in [5.74, 6) is 2.22. The van der Waals surface area contributed by atoms with E-state index in [-0.39, 0.29) is 33.7 Å². The van der Waals surface area contributed by atoms with Gasteiger partial charge in [0.2, 0.25) is 0 Å². The number of hydrogen-bond donors (Lipinski definition) is 0. The van der Waals surface area contributed by atoms with Crippen LogP contribution in [0.25, 0.3) is 0 Å². The monoisotopic (exact) mass is 342 g/mol. The van der Waals surface area contributed by atoms with Gasteiger partial charge in [-0.05, 0) is 67.8 Å². The zero-order valence-electron chi connectivity index (χ0n) is 15.9. The van der Waals surface area contributed by atoms with Crippen LogP contribution in [-0.4, -0.2) is 17.9 Å². The predicted octanol–water partition coefficient (Wildman–Crippen LogP) is 4.31. The zero-order valence-corrected chi connectivity index (χ0v) is 15.9. The standard InChI is InChI=1S/C22H30O3/c1-13(23)25-18-6-5-15-14-7-11-22-12-9-17(24)21(22,4)20(22,3)16(14)8-10-19(15,18)2/h9,12,14-16,18H,5-8,10-11H2,1-4H3/t14-,15-,16-,18-,19-,20+,21-,22-/m0/s1. The number of carbonyl (C=O) groups is 2. The molecule has 0 aliphatic heterocycles. The van der Waals surface area contributed by atoms with E-state index in [2.05, 4.69) is 26.8 Å². The van der Waals surface area contributed by atoms with Gasteiger partial charge in [0.15, 0.2) is 5.78 Å². The highest BCUT2D eigenvalue weighted by molar-refractivity contribution is 6.03. The number of rotatable bonds is 1. The van der Waals surface area contributed by atoms with Crippen molar-refractivity contribution in [2.45, 2.75) is 72.3 Å². The quantitative estimate of drug-likeness (QED) is 0.667. The lowest BCUT2D eigenvalue weighted by molar-refractivity contribution is -0.157. The Labute approximate surface area is 150 Å². The van der Waals surface area contributed by atoms with Crippen LogP contribution in [0.15, 0.2) is 12.2 Å². The Bertz CT molecular complexity index is 710. The fourth-order valence-corrected chi connectivity index (χ4v) is 8.70. The smallest absolute Gasteiger partial charge is 0.302 e. The third-order valence-corrected chi connectivity index (χ3v) is 10.1. The van der Waals surface area contributed by atoms with Gasteiger partial charge in [-0.15, -0.1) is 0 Å². The first-order chi connectivity index (χ1) is 11.7. The SMILES string of the molecule is CC(=O)O[C@H]1CC[C@H]2[C@@H]3CC[C@@]45C=CC(=O)[C@@]4(C)[C@@]5(C)[C@H]3CC[C@]12C. The molecule has 0 saturated heterocycles. The first-order valence-electron chi connectivity index (χ1n) is 10.1. The minimum atomic E-state index is -0.152. The maximum absolute atomic E-state index is 12.7. The first-order valence-corrected chi connectivity index (χ1v) is 10.1. The Morgan fingerprint density at radius 3 is 2.56 bits per heavy atom. The fourth-order valence-electron chi connectivity index (χ4n) is 8.70. The molecule has 1 spiro atoms. The second kappa shape index (κ2) is 4.40. The molecular weight excluding hydrogens is 312 g/mol. The summed E-state index contributed by atoms with van der Waals surface area (Å²) in [6, 6.07) is 0. The molecule has 4 fully saturated rings. The van der Waals surface area contributed by atoms with Gasteiger partial charge in [0.1, 0.15) is 6.10 Å². The van der Waals surface area contributed by atoms with Crippen LogP contribution in [-0.2, 0) is 14.3 Å². The average Bonchev–Trinajstić information content (AvgIpc) is 2.78. The predicted molar refractivity (Wildman–Crippen MR) is 94.6 cm³/mol. The molecule has 5 aliphatic rings. The van der Waals surface area contributed by atoms with Crippen molar-refractivity contribution in [1.29, 1.82) is 0 Å². The summed E-state index contributed by atoms with van der Waals surface area (Å²) in [7, 11) is 0. The third-order valence-electron chi connectivity index (χ3n) is 10.1. The average molecular weight is 342 g/mol. The van der Waals surface area contributed by atoms with E-state index >= 15 is 0 Å². The van der Waals surface area contributed by atoms with E-state index in [1.807, 2.05) is 6.08 Å². The van der Waals surface area contributed by atoms with Crippen LogP contribution in [0.5, 0.6) is 0 Å². The highest BCUT2D eigenvalue weighted by Gasteiger charge is 2.88. The molecule has 0 N–H and O–H groups in total. The summed E-state index contributed by atoms with van der Waals surface area (Å²) in [6.45, 7) is 8.55. The highest BCUT2D eigenvalue weighted by atomic mass is 16.5. The summed E-state index contributed by atoms with van der Waals surface area (Å²) < 4.78 is 5.73. The second-order valence-electron chi connectivity index (χ2n) is 10.1. The summed E-state index contributed by atoms with van der Waals surface area (Å²) in [4.78, 5) is 24.2. The normalized spacial score (nSPS) is 58.2. The van der Waals surface area contributed by atoms with Crippen molar-refractivity contribution in [1.82, 2.24) is 0 Å². The van der Waals surface area contributed by atoms with Gasteiger partial charge in [-0.1, -0.05) is 26.8 Å². The highest BCUT2D eigenvalue weighted by Crippen LogP contribution is 2.90. The zero-order chi connectivity index (χ0) is 17.8. The molecule has 0 aromatic rings. The Kier molecular flexibility index (Phi) is 2.83. The van der Waals surface area contributed by atoms with Crippen LogP contribution in [0.4, 0.5) is 0 Å². The van der Waals surface area contributed by atoms with Gasteiger partial charge in [0, 0.05) is 23.2 Å². The molecule has 4 saturated carbocycles. The summed E-state index contributed by atoms with van der Waals surface area (Å²) in [5.41, 5.74) is 0.273. The molecule has 25 heavy (non-hydrogen) atoms.